The summed E-state index contributed by atoms with van der Waals surface area (Å²) in [6.45, 7) is 0. The maximum Gasteiger partial charge on any atom is -0.0184 e. The van der Waals surface area contributed by atoms with Gasteiger partial charge in [-0.1, -0.05) is 30.3 Å². The zero-order valence-corrected chi connectivity index (χ0v) is 13.1. The molecule has 2 aliphatic carbocycles. The standard InChI is InChI=1S/C6H5.2C5H5.CH3.Zr/c1-2-4-6-5-3-1;2*1-2-4-5-3-1;;/h1-5H;2*1-5H;1H3;. The number of allylic oxidation sites excluding steroid dienone is 8. The van der Waals surface area contributed by atoms with Crippen LogP contribution in [0, 0.1) is 6.07 Å². The third kappa shape index (κ3) is 4.07. The summed E-state index contributed by atoms with van der Waals surface area (Å²) >= 11 is -1.22. The summed E-state index contributed by atoms with van der Waals surface area (Å²) in [4.78, 5) is 0. The molecule has 1 heteroatoms. The van der Waals surface area contributed by atoms with E-state index in [0.29, 0.717) is 0 Å². The molecule has 1 radical (unpaired) electrons. The maximum atomic E-state index is 2.89. The van der Waals surface area contributed by atoms with E-state index in [0.717, 1.165) is 7.25 Å². The minimum atomic E-state index is -1.22. The van der Waals surface area contributed by atoms with E-state index in [4.69, 9.17) is 0 Å². The summed E-state index contributed by atoms with van der Waals surface area (Å²) in [6, 6.07) is 12.5. The van der Waals surface area contributed by atoms with Gasteiger partial charge in [-0.15, -0.1) is 0 Å². The number of hydrogen-bond acceptors (Lipinski definition) is 0. The van der Waals surface area contributed by atoms with Crippen LogP contribution in [0.4, 0.5) is 0 Å². The van der Waals surface area contributed by atoms with Crippen molar-refractivity contribution in [1.29, 1.82) is 0 Å². The predicted octanol–water partition coefficient (Wildman–Crippen LogP) is 4.97. The molecule has 0 saturated carbocycles. The monoisotopic (exact) mass is 312 g/mol. The van der Waals surface area contributed by atoms with Crippen LogP contribution in [-0.4, -0.2) is 0 Å². The molecule has 0 aliphatic heterocycles. The van der Waals surface area contributed by atoms with Gasteiger partial charge in [-0.3, -0.25) is 0 Å². The van der Waals surface area contributed by atoms with Crippen molar-refractivity contribution in [3.8, 4) is 0 Å². The van der Waals surface area contributed by atoms with E-state index < -0.39 is 21.8 Å². The second-order valence-corrected chi connectivity index (χ2v) is 11.3. The van der Waals surface area contributed by atoms with Crippen molar-refractivity contribution < 1.29 is 21.8 Å². The second-order valence-electron chi connectivity index (χ2n) is 4.41. The van der Waals surface area contributed by atoms with Crippen LogP contribution in [-0.2, 0) is 21.8 Å². The Balaban J connectivity index is 0.000000169. The first-order valence-corrected chi connectivity index (χ1v) is 11.6. The van der Waals surface area contributed by atoms with E-state index >= 15 is 0 Å². The number of hydrogen-bond donors (Lipinski definition) is 0. The van der Waals surface area contributed by atoms with Gasteiger partial charge in [0, 0.05) is 0 Å². The van der Waals surface area contributed by atoms with Gasteiger partial charge in [0.1, 0.15) is 0 Å². The van der Waals surface area contributed by atoms with E-state index in [1.165, 1.54) is 0 Å². The van der Waals surface area contributed by atoms with Gasteiger partial charge in [0.15, 0.2) is 0 Å². The Morgan fingerprint density at radius 3 is 1.44 bits per heavy atom. The molecule has 0 saturated heterocycles. The van der Waals surface area contributed by atoms with E-state index in [1.54, 1.807) is 0 Å². The fourth-order valence-electron chi connectivity index (χ4n) is 2.03. The van der Waals surface area contributed by atoms with E-state index in [2.05, 4.69) is 59.3 Å². The molecule has 1 aromatic carbocycles. The Morgan fingerprint density at radius 2 is 1.17 bits per heavy atom. The third-order valence-corrected chi connectivity index (χ3v) is 10.2. The van der Waals surface area contributed by atoms with Crippen LogP contribution < -0.4 is 0 Å². The fraction of sp³-hybridized carbons (Fsp3) is 0.176. The molecule has 0 spiro atoms. The first-order valence-electron chi connectivity index (χ1n) is 6.32. The van der Waals surface area contributed by atoms with Crippen LogP contribution in [0.25, 0.3) is 0 Å². The van der Waals surface area contributed by atoms with E-state index in [9.17, 15) is 0 Å². The Hall–Kier alpha value is -0.937. The molecule has 0 aromatic heterocycles. The smallest absolute Gasteiger partial charge is 0.0184 e. The first-order chi connectivity index (χ1) is 8.88. The van der Waals surface area contributed by atoms with Gasteiger partial charge < -0.3 is 0 Å². The molecule has 90 valence electrons. The summed E-state index contributed by atoms with van der Waals surface area (Å²) < 4.78 is 4.19. The zero-order chi connectivity index (χ0) is 12.6. The summed E-state index contributed by atoms with van der Waals surface area (Å²) in [5.74, 6) is 0. The molecule has 0 bridgehead atoms. The molecule has 18 heavy (non-hydrogen) atoms. The molecule has 0 heterocycles. The third-order valence-electron chi connectivity index (χ3n) is 3.15. The zero-order valence-electron chi connectivity index (χ0n) is 10.7. The molecule has 0 amide bonds. The molecule has 0 atom stereocenters. The van der Waals surface area contributed by atoms with Gasteiger partial charge in [-0.25, -0.2) is 0 Å². The van der Waals surface area contributed by atoms with Crippen molar-refractivity contribution in [1.82, 2.24) is 0 Å². The average Bonchev–Trinajstić information content (AvgIpc) is 3.14. The van der Waals surface area contributed by atoms with Gasteiger partial charge in [0.05, 0.1) is 0 Å². The van der Waals surface area contributed by atoms with Crippen molar-refractivity contribution in [3.05, 3.63) is 85.0 Å². The van der Waals surface area contributed by atoms with E-state index in [-0.39, 0.29) is 0 Å². The van der Waals surface area contributed by atoms with Gasteiger partial charge >= 0.3 is 82.2 Å². The molecule has 3 rings (SSSR count). The van der Waals surface area contributed by atoms with Crippen molar-refractivity contribution in [3.63, 3.8) is 0 Å². The Kier molecular flexibility index (Phi) is 5.61. The minimum absolute atomic E-state index is 0.838. The maximum absolute atomic E-state index is 2.89. The Morgan fingerprint density at radius 1 is 0.722 bits per heavy atom. The number of benzene rings is 1. The summed E-state index contributed by atoms with van der Waals surface area (Å²) in [6.07, 6.45) is 18.2. The van der Waals surface area contributed by atoms with Gasteiger partial charge in [-0.2, -0.15) is 0 Å². The van der Waals surface area contributed by atoms with Gasteiger partial charge in [-0.05, 0) is 6.07 Å². The average molecular weight is 314 g/mol. The largest absolute Gasteiger partial charge is 0.0622 e. The molecule has 2 aliphatic rings. The Labute approximate surface area is 118 Å². The first kappa shape index (κ1) is 13.5. The second kappa shape index (κ2) is 7.49. The van der Waals surface area contributed by atoms with E-state index in [1.807, 2.05) is 30.3 Å². The summed E-state index contributed by atoms with van der Waals surface area (Å²) in [5, 5.41) is 0. The molecular weight excluding hydrogens is 295 g/mol. The molecule has 1 aromatic rings. The SMILES string of the molecule is [CH3][Zr]([CH]1C=CC=C1)[CH]1C=CC=C1.[c]1ccccc1. The predicted molar refractivity (Wildman–Crippen MR) is 75.2 cm³/mol. The van der Waals surface area contributed by atoms with Crippen LogP contribution in [0.5, 0.6) is 0 Å². The van der Waals surface area contributed by atoms with Crippen molar-refractivity contribution in [2.45, 2.75) is 11.9 Å². The molecule has 0 nitrogen and oxygen atoms in total. The quantitative estimate of drug-likeness (QED) is 0.723. The van der Waals surface area contributed by atoms with Crippen molar-refractivity contribution in [2.75, 3.05) is 0 Å². The summed E-state index contributed by atoms with van der Waals surface area (Å²) in [5.41, 5.74) is 0. The summed E-state index contributed by atoms with van der Waals surface area (Å²) in [7, 11) is 0. The molecule has 0 fully saturated rings. The van der Waals surface area contributed by atoms with Crippen LogP contribution in [0.15, 0.2) is 78.9 Å². The van der Waals surface area contributed by atoms with Gasteiger partial charge in [0.25, 0.3) is 0 Å². The van der Waals surface area contributed by atoms with Gasteiger partial charge in [0.2, 0.25) is 0 Å². The molecular formula is C17H18Zr. The van der Waals surface area contributed by atoms with Crippen LogP contribution in [0.3, 0.4) is 0 Å². The fourth-order valence-corrected chi connectivity index (χ4v) is 7.20. The number of rotatable bonds is 2. The Bertz CT molecular complexity index is 375. The normalized spacial score (nSPS) is 16.9. The molecule has 0 N–H and O–H groups in total. The van der Waals surface area contributed by atoms with Crippen molar-refractivity contribution >= 4 is 0 Å². The molecule has 0 unspecified atom stereocenters. The van der Waals surface area contributed by atoms with Crippen LogP contribution in [0.1, 0.15) is 0 Å². The minimum Gasteiger partial charge on any atom is -0.0622 e. The van der Waals surface area contributed by atoms with Crippen LogP contribution >= 0.6 is 0 Å². The van der Waals surface area contributed by atoms with Crippen molar-refractivity contribution in [2.24, 2.45) is 0 Å². The van der Waals surface area contributed by atoms with Crippen LogP contribution in [0.2, 0.25) is 11.9 Å². The topological polar surface area (TPSA) is 0 Å².